The number of H-pyrrole nitrogens is 1. The summed E-state index contributed by atoms with van der Waals surface area (Å²) in [5, 5.41) is 0.782. The number of amides is 1. The number of aromatic amines is 1. The van der Waals surface area contributed by atoms with Crippen LogP contribution in [-0.4, -0.2) is 46.5 Å². The molecule has 4 heterocycles. The summed E-state index contributed by atoms with van der Waals surface area (Å²) in [6, 6.07) is 5.88. The number of hydrogen-bond donors (Lipinski definition) is 1. The van der Waals surface area contributed by atoms with E-state index in [4.69, 9.17) is 16.3 Å². The van der Waals surface area contributed by atoms with Crippen LogP contribution in [0.3, 0.4) is 0 Å². The molecular weight excluding hydrogens is 515 g/mol. The molecule has 4 aromatic heterocycles. The molecular formula is C23H16ClFN4O4S2. The lowest BCUT2D eigenvalue weighted by Crippen LogP contribution is -2.33. The average molecular weight is 531 g/mol. The molecule has 1 N–H and O–H groups in total. The Labute approximate surface area is 209 Å². The van der Waals surface area contributed by atoms with E-state index in [9.17, 15) is 18.8 Å². The van der Waals surface area contributed by atoms with E-state index in [0.717, 1.165) is 22.0 Å². The normalized spacial score (nSPS) is 11.3. The summed E-state index contributed by atoms with van der Waals surface area (Å²) in [5.41, 5.74) is -0.140. The number of nitrogens with zero attached hydrogens (tertiary/aromatic N) is 3. The number of rotatable bonds is 4. The van der Waals surface area contributed by atoms with Crippen molar-refractivity contribution in [1.82, 2.24) is 19.4 Å². The third-order valence-corrected chi connectivity index (χ3v) is 7.97. The summed E-state index contributed by atoms with van der Waals surface area (Å²) in [6.45, 7) is 0. The predicted molar refractivity (Wildman–Crippen MR) is 136 cm³/mol. The first kappa shape index (κ1) is 23.2. The molecule has 0 spiro atoms. The summed E-state index contributed by atoms with van der Waals surface area (Å²) in [6.07, 6.45) is 2.99. The summed E-state index contributed by atoms with van der Waals surface area (Å²) >= 11 is 8.54. The van der Waals surface area contributed by atoms with Crippen molar-refractivity contribution in [3.8, 4) is 21.9 Å². The number of fused-ring (bicyclic) bond motifs is 2. The largest absolute Gasteiger partial charge is 0.494 e. The third kappa shape index (κ3) is 3.81. The number of ether oxygens (including phenoxy) is 1. The molecule has 35 heavy (non-hydrogen) atoms. The van der Waals surface area contributed by atoms with Gasteiger partial charge in [-0.2, -0.15) is 0 Å². The Hall–Kier alpha value is -3.54. The minimum absolute atomic E-state index is 0.00582. The zero-order valence-corrected chi connectivity index (χ0v) is 20.9. The van der Waals surface area contributed by atoms with Gasteiger partial charge in [0.15, 0.2) is 11.6 Å². The highest BCUT2D eigenvalue weighted by Gasteiger charge is 2.20. The highest BCUT2D eigenvalue weighted by Crippen LogP contribution is 2.38. The molecule has 1 amide bonds. The van der Waals surface area contributed by atoms with Gasteiger partial charge in [0, 0.05) is 36.1 Å². The Balaban J connectivity index is 1.72. The van der Waals surface area contributed by atoms with Crippen LogP contribution in [0.4, 0.5) is 4.39 Å². The van der Waals surface area contributed by atoms with Gasteiger partial charge < -0.3 is 14.6 Å². The molecule has 0 aliphatic carbocycles. The van der Waals surface area contributed by atoms with E-state index in [-0.39, 0.29) is 27.1 Å². The third-order valence-electron chi connectivity index (χ3n) is 5.34. The van der Waals surface area contributed by atoms with E-state index in [1.165, 1.54) is 35.6 Å². The lowest BCUT2D eigenvalue weighted by molar-refractivity contribution is 0.0832. The number of carbonyl (C=O) groups excluding carboxylic acids is 1. The SMILES string of the molecule is COc1cc(-c2cc3[nH]c(=O)n(-c4cncc5cc(C(=O)N(C)C)sc45)c(=O)c3s2)c(Cl)cc1F. The lowest BCUT2D eigenvalue weighted by atomic mass is 10.1. The highest BCUT2D eigenvalue weighted by atomic mass is 35.5. The quantitative estimate of drug-likeness (QED) is 0.368. The minimum Gasteiger partial charge on any atom is -0.494 e. The van der Waals surface area contributed by atoms with Crippen molar-refractivity contribution in [2.45, 2.75) is 0 Å². The number of hydrogen-bond acceptors (Lipinski definition) is 7. The van der Waals surface area contributed by atoms with Crippen LogP contribution in [0.2, 0.25) is 5.02 Å². The summed E-state index contributed by atoms with van der Waals surface area (Å²) < 4.78 is 20.9. The van der Waals surface area contributed by atoms with Crippen LogP contribution in [-0.2, 0) is 0 Å². The molecule has 0 saturated heterocycles. The number of aromatic nitrogens is 3. The maximum absolute atomic E-state index is 14.0. The molecule has 0 fully saturated rings. The molecule has 0 saturated carbocycles. The highest BCUT2D eigenvalue weighted by molar-refractivity contribution is 7.22. The molecule has 5 rings (SSSR count). The van der Waals surface area contributed by atoms with Crippen molar-refractivity contribution in [3.63, 3.8) is 0 Å². The maximum Gasteiger partial charge on any atom is 0.333 e. The van der Waals surface area contributed by atoms with Crippen LogP contribution in [0.5, 0.6) is 5.75 Å². The molecule has 0 radical (unpaired) electrons. The molecule has 0 aliphatic rings. The fraction of sp³-hybridized carbons (Fsp3) is 0.130. The fourth-order valence-corrected chi connectivity index (χ4v) is 6.20. The standard InChI is InChI=1S/C23H16ClFN4O4S2/c1-28(2)21(30)18-4-10-8-26-9-15(19(10)35-18)29-22(31)20-14(27-23(29)32)7-17(34-20)11-5-16(33-3)13(25)6-12(11)24/h4-9H,1-3H3,(H,27,32). The van der Waals surface area contributed by atoms with Crippen LogP contribution < -0.4 is 16.0 Å². The van der Waals surface area contributed by atoms with Gasteiger partial charge in [-0.1, -0.05) is 11.6 Å². The van der Waals surface area contributed by atoms with Gasteiger partial charge >= 0.3 is 5.69 Å². The molecule has 0 aliphatic heterocycles. The average Bonchev–Trinajstić information content (AvgIpc) is 3.43. The molecule has 0 bridgehead atoms. The Morgan fingerprint density at radius 3 is 2.63 bits per heavy atom. The van der Waals surface area contributed by atoms with Gasteiger partial charge in [0.05, 0.1) is 39.1 Å². The smallest absolute Gasteiger partial charge is 0.333 e. The zero-order valence-electron chi connectivity index (χ0n) is 18.5. The van der Waals surface area contributed by atoms with Gasteiger partial charge in [0.2, 0.25) is 0 Å². The van der Waals surface area contributed by atoms with Crippen molar-refractivity contribution in [1.29, 1.82) is 0 Å². The number of thiophene rings is 2. The van der Waals surface area contributed by atoms with Crippen molar-refractivity contribution in [2.75, 3.05) is 21.2 Å². The second-order valence-corrected chi connectivity index (χ2v) is 10.3. The molecule has 1 aromatic carbocycles. The summed E-state index contributed by atoms with van der Waals surface area (Å²) in [5.74, 6) is -0.795. The van der Waals surface area contributed by atoms with Crippen molar-refractivity contribution < 1.29 is 13.9 Å². The number of pyridine rings is 1. The van der Waals surface area contributed by atoms with E-state index in [0.29, 0.717) is 30.9 Å². The van der Waals surface area contributed by atoms with Gasteiger partial charge in [0.25, 0.3) is 11.5 Å². The second kappa shape index (κ2) is 8.59. The van der Waals surface area contributed by atoms with Crippen molar-refractivity contribution in [2.24, 2.45) is 0 Å². The summed E-state index contributed by atoms with van der Waals surface area (Å²) in [7, 11) is 4.63. The van der Waals surface area contributed by atoms with Gasteiger partial charge in [0.1, 0.15) is 4.70 Å². The molecule has 8 nitrogen and oxygen atoms in total. The first-order chi connectivity index (χ1) is 16.7. The van der Waals surface area contributed by atoms with E-state index in [1.807, 2.05) is 0 Å². The summed E-state index contributed by atoms with van der Waals surface area (Å²) in [4.78, 5) is 48.3. The van der Waals surface area contributed by atoms with E-state index in [1.54, 1.807) is 32.4 Å². The molecule has 0 unspecified atom stereocenters. The minimum atomic E-state index is -0.655. The van der Waals surface area contributed by atoms with Gasteiger partial charge in [-0.25, -0.2) is 13.8 Å². The number of carbonyl (C=O) groups is 1. The Kier molecular flexibility index (Phi) is 5.70. The van der Waals surface area contributed by atoms with Gasteiger partial charge in [-0.15, -0.1) is 22.7 Å². The topological polar surface area (TPSA) is 97.3 Å². The van der Waals surface area contributed by atoms with Gasteiger partial charge in [-0.05, 0) is 24.3 Å². The van der Waals surface area contributed by atoms with Crippen LogP contribution in [0.1, 0.15) is 9.67 Å². The van der Waals surface area contributed by atoms with E-state index >= 15 is 0 Å². The molecule has 0 atom stereocenters. The Morgan fingerprint density at radius 2 is 1.91 bits per heavy atom. The van der Waals surface area contributed by atoms with Gasteiger partial charge in [-0.3, -0.25) is 14.6 Å². The first-order valence-corrected chi connectivity index (χ1v) is 12.1. The zero-order chi connectivity index (χ0) is 25.0. The van der Waals surface area contributed by atoms with Crippen LogP contribution in [0.25, 0.3) is 36.4 Å². The number of methoxy groups -OCH3 is 1. The number of benzene rings is 1. The number of nitrogens with one attached hydrogen (secondary N) is 1. The maximum atomic E-state index is 14.0. The molecule has 178 valence electrons. The van der Waals surface area contributed by atoms with Crippen molar-refractivity contribution >= 4 is 60.5 Å². The monoisotopic (exact) mass is 530 g/mol. The van der Waals surface area contributed by atoms with E-state index in [2.05, 4.69) is 9.97 Å². The van der Waals surface area contributed by atoms with Crippen LogP contribution >= 0.6 is 34.3 Å². The lowest BCUT2D eigenvalue weighted by Gasteiger charge is -2.07. The van der Waals surface area contributed by atoms with Crippen LogP contribution in [0.15, 0.2) is 46.2 Å². The Bertz CT molecular complexity index is 1770. The van der Waals surface area contributed by atoms with Crippen LogP contribution in [0, 0.1) is 5.82 Å². The second-order valence-electron chi connectivity index (χ2n) is 7.78. The predicted octanol–water partition coefficient (Wildman–Crippen LogP) is 4.52. The fourth-order valence-electron chi connectivity index (χ4n) is 3.67. The Morgan fingerprint density at radius 1 is 1.14 bits per heavy atom. The number of halogens is 2. The molecule has 5 aromatic rings. The first-order valence-electron chi connectivity index (χ1n) is 10.1. The molecule has 12 heteroatoms. The van der Waals surface area contributed by atoms with Crippen molar-refractivity contribution in [3.05, 3.63) is 73.2 Å². The van der Waals surface area contributed by atoms with E-state index < -0.39 is 17.1 Å².